The van der Waals surface area contributed by atoms with Crippen LogP contribution >= 0.6 is 0 Å². The summed E-state index contributed by atoms with van der Waals surface area (Å²) in [6, 6.07) is 0. The Morgan fingerprint density at radius 2 is 0.487 bits per heavy atom. The summed E-state index contributed by atoms with van der Waals surface area (Å²) in [5.41, 5.74) is 0. The Balaban J connectivity index is 4.07. The van der Waals surface area contributed by atoms with Gasteiger partial charge in [0.05, 0.1) is 0 Å². The molecule has 0 aliphatic rings. The summed E-state index contributed by atoms with van der Waals surface area (Å²) in [6.45, 7) is 6.56. The molecule has 0 N–H and O–H groups in total. The third kappa shape index (κ3) is 65.9. The molecule has 0 amide bonds. The second kappa shape index (κ2) is 68.6. The van der Waals surface area contributed by atoms with Gasteiger partial charge in [0.15, 0.2) is 6.10 Å². The lowest BCUT2D eigenvalue weighted by Gasteiger charge is -2.18. The first-order chi connectivity index (χ1) is 39.5. The van der Waals surface area contributed by atoms with Gasteiger partial charge in [0, 0.05) is 19.3 Å². The van der Waals surface area contributed by atoms with Crippen LogP contribution in [0.2, 0.25) is 0 Å². The Labute approximate surface area is 498 Å². The van der Waals surface area contributed by atoms with Gasteiger partial charge in [-0.3, -0.25) is 14.4 Å². The molecule has 6 heteroatoms. The molecule has 80 heavy (non-hydrogen) atoms. The summed E-state index contributed by atoms with van der Waals surface area (Å²) in [5.74, 6) is -0.850. The van der Waals surface area contributed by atoms with Crippen LogP contribution in [0.1, 0.15) is 374 Å². The number of unbranched alkanes of at least 4 members (excludes halogenated alkanes) is 44. The van der Waals surface area contributed by atoms with Crippen LogP contribution in [0.15, 0.2) is 60.8 Å². The predicted octanol–water partition coefficient (Wildman–Crippen LogP) is 24.3. The van der Waals surface area contributed by atoms with Crippen LogP contribution in [-0.2, 0) is 28.6 Å². The smallest absolute Gasteiger partial charge is 0.306 e. The molecule has 6 nitrogen and oxygen atoms in total. The van der Waals surface area contributed by atoms with E-state index in [1.807, 2.05) is 0 Å². The van der Waals surface area contributed by atoms with E-state index in [1.54, 1.807) is 0 Å². The van der Waals surface area contributed by atoms with E-state index >= 15 is 0 Å². The van der Waals surface area contributed by atoms with Crippen LogP contribution in [-0.4, -0.2) is 37.2 Å². The highest BCUT2D eigenvalue weighted by molar-refractivity contribution is 5.71. The molecule has 0 fully saturated rings. The van der Waals surface area contributed by atoms with Crippen molar-refractivity contribution in [1.82, 2.24) is 0 Å². The van der Waals surface area contributed by atoms with Crippen LogP contribution in [0.4, 0.5) is 0 Å². The van der Waals surface area contributed by atoms with Crippen molar-refractivity contribution in [3.63, 3.8) is 0 Å². The van der Waals surface area contributed by atoms with Gasteiger partial charge >= 0.3 is 17.9 Å². The van der Waals surface area contributed by atoms with E-state index in [0.29, 0.717) is 19.3 Å². The lowest BCUT2D eigenvalue weighted by molar-refractivity contribution is -0.167. The van der Waals surface area contributed by atoms with E-state index in [4.69, 9.17) is 14.2 Å². The van der Waals surface area contributed by atoms with Gasteiger partial charge in [-0.25, -0.2) is 0 Å². The van der Waals surface area contributed by atoms with Gasteiger partial charge in [-0.15, -0.1) is 0 Å². The molecule has 0 radical (unpaired) electrons. The molecular formula is C74H134O6. The largest absolute Gasteiger partial charge is 0.462 e. The molecule has 0 saturated heterocycles. The van der Waals surface area contributed by atoms with Gasteiger partial charge in [-0.1, -0.05) is 332 Å². The van der Waals surface area contributed by atoms with Crippen molar-refractivity contribution >= 4 is 17.9 Å². The molecule has 0 aliphatic heterocycles. The van der Waals surface area contributed by atoms with Gasteiger partial charge in [0.1, 0.15) is 13.2 Å². The first kappa shape index (κ1) is 77.1. The fourth-order valence-electron chi connectivity index (χ4n) is 10.5. The first-order valence-electron chi connectivity index (χ1n) is 35.3. The van der Waals surface area contributed by atoms with Gasteiger partial charge < -0.3 is 14.2 Å². The summed E-state index contributed by atoms with van der Waals surface area (Å²) >= 11 is 0. The minimum atomic E-state index is -0.770. The van der Waals surface area contributed by atoms with Gasteiger partial charge in [0.25, 0.3) is 0 Å². The van der Waals surface area contributed by atoms with Crippen molar-refractivity contribution in [2.75, 3.05) is 13.2 Å². The zero-order valence-electron chi connectivity index (χ0n) is 53.6. The normalized spacial score (nSPS) is 12.4. The summed E-state index contributed by atoms with van der Waals surface area (Å²) < 4.78 is 16.9. The van der Waals surface area contributed by atoms with Crippen molar-refractivity contribution in [3.05, 3.63) is 60.8 Å². The van der Waals surface area contributed by atoms with Crippen molar-refractivity contribution in [3.8, 4) is 0 Å². The number of hydrogen-bond donors (Lipinski definition) is 0. The molecule has 0 aliphatic carbocycles. The molecule has 466 valence electrons. The van der Waals surface area contributed by atoms with E-state index in [1.165, 1.54) is 250 Å². The molecular weight excluding hydrogens is 985 g/mol. The van der Waals surface area contributed by atoms with Crippen LogP contribution in [0.25, 0.3) is 0 Å². The summed E-state index contributed by atoms with van der Waals surface area (Å²) in [7, 11) is 0. The first-order valence-corrected chi connectivity index (χ1v) is 35.3. The molecule has 1 atom stereocenters. The highest BCUT2D eigenvalue weighted by Gasteiger charge is 2.19. The topological polar surface area (TPSA) is 78.9 Å². The summed E-state index contributed by atoms with van der Waals surface area (Å²) in [6.07, 6.45) is 88.5. The van der Waals surface area contributed by atoms with Crippen LogP contribution in [0.3, 0.4) is 0 Å². The number of allylic oxidation sites excluding steroid dienone is 10. The van der Waals surface area contributed by atoms with Crippen molar-refractivity contribution in [2.24, 2.45) is 0 Å². The third-order valence-electron chi connectivity index (χ3n) is 15.8. The van der Waals surface area contributed by atoms with E-state index in [9.17, 15) is 14.4 Å². The number of ether oxygens (including phenoxy) is 3. The Kier molecular flexibility index (Phi) is 66.1. The van der Waals surface area contributed by atoms with Crippen LogP contribution < -0.4 is 0 Å². The molecule has 0 aromatic rings. The number of hydrogen-bond acceptors (Lipinski definition) is 6. The molecule has 0 rings (SSSR count). The minimum Gasteiger partial charge on any atom is -0.462 e. The molecule has 0 spiro atoms. The second-order valence-corrected chi connectivity index (χ2v) is 23.8. The monoisotopic (exact) mass is 1120 g/mol. The van der Waals surface area contributed by atoms with E-state index < -0.39 is 6.10 Å². The number of carbonyl (C=O) groups excluding carboxylic acids is 3. The van der Waals surface area contributed by atoms with Crippen LogP contribution in [0.5, 0.6) is 0 Å². The highest BCUT2D eigenvalue weighted by Crippen LogP contribution is 2.18. The molecule has 0 aromatic heterocycles. The average Bonchev–Trinajstić information content (AvgIpc) is 3.46. The average molecular weight is 1120 g/mol. The van der Waals surface area contributed by atoms with Gasteiger partial charge in [0.2, 0.25) is 0 Å². The Morgan fingerprint density at radius 1 is 0.263 bits per heavy atom. The van der Waals surface area contributed by atoms with Crippen molar-refractivity contribution < 1.29 is 28.6 Å². The Morgan fingerprint density at radius 3 is 0.775 bits per heavy atom. The number of carbonyl (C=O) groups is 3. The quantitative estimate of drug-likeness (QED) is 0.0261. The Bertz CT molecular complexity index is 1430. The van der Waals surface area contributed by atoms with E-state index in [-0.39, 0.29) is 31.1 Å². The Hall–Kier alpha value is -2.89. The molecule has 0 heterocycles. The maximum Gasteiger partial charge on any atom is 0.306 e. The summed E-state index contributed by atoms with van der Waals surface area (Å²) in [4.78, 5) is 38.2. The highest BCUT2D eigenvalue weighted by atomic mass is 16.6. The maximum atomic E-state index is 12.9. The maximum absolute atomic E-state index is 12.9. The standard InChI is InChI=1S/C74H134O6/c1-4-7-10-13-16-19-21-23-25-27-29-31-33-35-36-37-38-40-41-43-45-47-49-51-53-55-58-61-64-67-73(76)79-70-71(69-78-72(75)66-63-60-57-18-15-12-9-6-3)80-74(77)68-65-62-59-56-54-52-50-48-46-44-42-39-34-32-30-28-26-24-22-20-17-14-11-8-5-2/h7,10,16,19,23,25,28-31,71H,4-6,8-9,11-15,17-18,20-22,24,26-27,32-70H2,1-3H3/b10-7-,19-16-,25-23-,30-28-,31-29-. The van der Waals surface area contributed by atoms with Gasteiger partial charge in [-0.05, 0) is 83.5 Å². The van der Waals surface area contributed by atoms with E-state index in [2.05, 4.69) is 81.5 Å². The van der Waals surface area contributed by atoms with E-state index in [0.717, 1.165) is 83.5 Å². The molecule has 0 aromatic carbocycles. The molecule has 0 bridgehead atoms. The zero-order valence-corrected chi connectivity index (χ0v) is 53.6. The second-order valence-electron chi connectivity index (χ2n) is 23.8. The fraction of sp³-hybridized carbons (Fsp3) is 0.824. The SMILES string of the molecule is CC/C=C\C/C=C\C/C=C\C/C=C\CCCCCCCCCCCCCCCCCCC(=O)OCC(COC(=O)CCCCCCCCCC)OC(=O)CCCCCCCCCCCCCCC/C=C\CCCCCCCCCC. The summed E-state index contributed by atoms with van der Waals surface area (Å²) in [5, 5.41) is 0. The molecule has 1 unspecified atom stereocenters. The third-order valence-corrected chi connectivity index (χ3v) is 15.8. The van der Waals surface area contributed by atoms with Crippen molar-refractivity contribution in [1.29, 1.82) is 0 Å². The molecule has 0 saturated carbocycles. The zero-order chi connectivity index (χ0) is 57.8. The van der Waals surface area contributed by atoms with Crippen molar-refractivity contribution in [2.45, 2.75) is 380 Å². The predicted molar refractivity (Wildman–Crippen MR) is 348 cm³/mol. The lowest BCUT2D eigenvalue weighted by Crippen LogP contribution is -2.30. The fourth-order valence-corrected chi connectivity index (χ4v) is 10.5. The number of rotatable bonds is 65. The number of esters is 3. The minimum absolute atomic E-state index is 0.0689. The van der Waals surface area contributed by atoms with Crippen LogP contribution in [0, 0.1) is 0 Å². The van der Waals surface area contributed by atoms with Gasteiger partial charge in [-0.2, -0.15) is 0 Å². The lowest BCUT2D eigenvalue weighted by atomic mass is 10.0.